The fourth-order valence-corrected chi connectivity index (χ4v) is 1.72. The van der Waals surface area contributed by atoms with Crippen molar-refractivity contribution >= 4 is 11.5 Å². The van der Waals surface area contributed by atoms with Crippen LogP contribution in [0.15, 0.2) is 16.9 Å². The molecule has 0 saturated heterocycles. The van der Waals surface area contributed by atoms with Crippen LogP contribution in [0.3, 0.4) is 0 Å². The Bertz CT molecular complexity index is 557. The van der Waals surface area contributed by atoms with E-state index in [2.05, 4.69) is 29.1 Å². The number of aromatic amines is 1. The van der Waals surface area contributed by atoms with Crippen molar-refractivity contribution in [2.45, 2.75) is 19.9 Å². The molecule has 0 bridgehead atoms. The molecule has 0 atom stereocenters. The molecule has 7 heteroatoms. The van der Waals surface area contributed by atoms with Gasteiger partial charge in [-0.2, -0.15) is 9.61 Å². The van der Waals surface area contributed by atoms with Crippen LogP contribution in [0.2, 0.25) is 0 Å². The van der Waals surface area contributed by atoms with Crippen molar-refractivity contribution < 1.29 is 0 Å². The van der Waals surface area contributed by atoms with E-state index in [1.807, 2.05) is 11.0 Å². The third-order valence-corrected chi connectivity index (χ3v) is 2.55. The monoisotopic (exact) mass is 236 g/mol. The van der Waals surface area contributed by atoms with Crippen LogP contribution in [0, 0.1) is 0 Å². The second-order valence-corrected chi connectivity index (χ2v) is 4.07. The molecule has 0 aromatic carbocycles. The molecule has 0 aliphatic rings. The maximum absolute atomic E-state index is 11.4. The van der Waals surface area contributed by atoms with E-state index >= 15 is 0 Å². The second-order valence-electron chi connectivity index (χ2n) is 4.07. The Morgan fingerprint density at radius 3 is 2.94 bits per heavy atom. The third-order valence-electron chi connectivity index (χ3n) is 2.55. The maximum Gasteiger partial charge on any atom is 0.364 e. The molecule has 7 nitrogen and oxygen atoms in total. The molecule has 17 heavy (non-hydrogen) atoms. The molecular weight excluding hydrogens is 220 g/mol. The van der Waals surface area contributed by atoms with Gasteiger partial charge in [0.15, 0.2) is 5.65 Å². The number of fused-ring (bicyclic) bond motifs is 1. The van der Waals surface area contributed by atoms with E-state index in [1.54, 1.807) is 6.07 Å². The van der Waals surface area contributed by atoms with Gasteiger partial charge in [0.05, 0.1) is 0 Å². The molecule has 0 aliphatic carbocycles. The van der Waals surface area contributed by atoms with Gasteiger partial charge in [0.25, 0.3) is 0 Å². The third kappa shape index (κ3) is 2.14. The Balaban J connectivity index is 2.46. The lowest BCUT2D eigenvalue weighted by atomic mass is 10.3. The summed E-state index contributed by atoms with van der Waals surface area (Å²) in [6.45, 7) is 5.35. The van der Waals surface area contributed by atoms with Gasteiger partial charge in [-0.15, -0.1) is 5.10 Å². The molecule has 2 rings (SSSR count). The van der Waals surface area contributed by atoms with Gasteiger partial charge < -0.3 is 10.6 Å². The molecule has 0 unspecified atom stereocenters. The number of anilines is 1. The molecule has 0 fully saturated rings. The number of aromatic nitrogens is 4. The van der Waals surface area contributed by atoms with E-state index in [9.17, 15) is 4.79 Å². The van der Waals surface area contributed by atoms with Gasteiger partial charge in [-0.25, -0.2) is 9.89 Å². The summed E-state index contributed by atoms with van der Waals surface area (Å²) >= 11 is 0. The van der Waals surface area contributed by atoms with Crippen molar-refractivity contribution in [2.24, 2.45) is 5.73 Å². The molecule has 2 aromatic rings. The Kier molecular flexibility index (Phi) is 3.10. The first-order valence-corrected chi connectivity index (χ1v) is 5.54. The average Bonchev–Trinajstić information content (AvgIpc) is 2.67. The van der Waals surface area contributed by atoms with Gasteiger partial charge in [-0.05, 0) is 26.0 Å². The predicted octanol–water partition coefficient (Wildman–Crippen LogP) is -0.409. The van der Waals surface area contributed by atoms with Gasteiger partial charge in [0.2, 0.25) is 0 Å². The van der Waals surface area contributed by atoms with Gasteiger partial charge in [0, 0.05) is 19.1 Å². The van der Waals surface area contributed by atoms with E-state index in [1.165, 1.54) is 4.52 Å². The van der Waals surface area contributed by atoms with Crippen LogP contribution >= 0.6 is 0 Å². The first-order valence-electron chi connectivity index (χ1n) is 5.54. The van der Waals surface area contributed by atoms with Crippen molar-refractivity contribution in [3.05, 3.63) is 22.6 Å². The minimum atomic E-state index is -0.335. The van der Waals surface area contributed by atoms with Crippen LogP contribution < -0.4 is 16.3 Å². The van der Waals surface area contributed by atoms with Crippen molar-refractivity contribution in [2.75, 3.05) is 18.0 Å². The minimum Gasteiger partial charge on any atom is -0.351 e. The van der Waals surface area contributed by atoms with Gasteiger partial charge in [-0.1, -0.05) is 0 Å². The van der Waals surface area contributed by atoms with Crippen LogP contribution in [0.1, 0.15) is 13.8 Å². The normalized spacial score (nSPS) is 11.3. The molecule has 2 aromatic heterocycles. The highest BCUT2D eigenvalue weighted by Gasteiger charge is 2.12. The van der Waals surface area contributed by atoms with Crippen molar-refractivity contribution in [1.82, 2.24) is 19.8 Å². The van der Waals surface area contributed by atoms with E-state index in [-0.39, 0.29) is 11.7 Å². The zero-order chi connectivity index (χ0) is 12.4. The highest BCUT2D eigenvalue weighted by atomic mass is 16.2. The van der Waals surface area contributed by atoms with Crippen LogP contribution in [0.25, 0.3) is 5.65 Å². The molecular formula is C10H16N6O. The first kappa shape index (κ1) is 11.6. The fourth-order valence-electron chi connectivity index (χ4n) is 1.72. The summed E-state index contributed by atoms with van der Waals surface area (Å²) in [5.74, 6) is 0.724. The van der Waals surface area contributed by atoms with Crippen LogP contribution in [-0.2, 0) is 0 Å². The molecule has 0 radical (unpaired) electrons. The Hall–Kier alpha value is -1.89. The highest BCUT2D eigenvalue weighted by Crippen LogP contribution is 2.12. The molecule has 3 N–H and O–H groups in total. The minimum absolute atomic E-state index is 0.270. The van der Waals surface area contributed by atoms with E-state index in [0.717, 1.165) is 5.82 Å². The lowest BCUT2D eigenvalue weighted by molar-refractivity contribution is 0.663. The molecule has 0 saturated carbocycles. The quantitative estimate of drug-likeness (QED) is 0.753. The Labute approximate surface area is 98.2 Å². The fraction of sp³-hybridized carbons (Fsp3) is 0.500. The lowest BCUT2D eigenvalue weighted by Gasteiger charge is -2.26. The summed E-state index contributed by atoms with van der Waals surface area (Å²) in [6, 6.07) is 3.86. The number of hydrogen-bond donors (Lipinski definition) is 2. The summed E-state index contributed by atoms with van der Waals surface area (Å²) < 4.78 is 1.25. The van der Waals surface area contributed by atoms with Crippen LogP contribution in [0.5, 0.6) is 0 Å². The molecule has 92 valence electrons. The maximum atomic E-state index is 11.4. The van der Waals surface area contributed by atoms with Crippen molar-refractivity contribution in [3.8, 4) is 0 Å². The standard InChI is InChI=1S/C10H16N6O/c1-7(2)15(6-5-11)9-4-3-8-12-13-10(17)16(8)14-9/h3-4,7H,5-6,11H2,1-2H3,(H,13,17). The van der Waals surface area contributed by atoms with Gasteiger partial charge >= 0.3 is 5.69 Å². The summed E-state index contributed by atoms with van der Waals surface area (Å²) in [4.78, 5) is 13.5. The predicted molar refractivity (Wildman–Crippen MR) is 65.1 cm³/mol. The van der Waals surface area contributed by atoms with Gasteiger partial charge in [0.1, 0.15) is 5.82 Å². The smallest absolute Gasteiger partial charge is 0.351 e. The summed E-state index contributed by atoms with van der Waals surface area (Å²) in [5.41, 5.74) is 5.75. The number of nitrogens with two attached hydrogens (primary N) is 1. The zero-order valence-corrected chi connectivity index (χ0v) is 9.92. The SMILES string of the molecule is CC(C)N(CCN)c1ccc2n[nH]c(=O)n2n1. The Morgan fingerprint density at radius 2 is 2.29 bits per heavy atom. The highest BCUT2D eigenvalue weighted by molar-refractivity contribution is 5.45. The average molecular weight is 236 g/mol. The number of hydrogen-bond acceptors (Lipinski definition) is 5. The second kappa shape index (κ2) is 4.54. The van der Waals surface area contributed by atoms with E-state index in [4.69, 9.17) is 5.73 Å². The molecule has 0 aliphatic heterocycles. The van der Waals surface area contributed by atoms with E-state index in [0.29, 0.717) is 18.7 Å². The van der Waals surface area contributed by atoms with Crippen molar-refractivity contribution in [1.29, 1.82) is 0 Å². The zero-order valence-electron chi connectivity index (χ0n) is 9.92. The van der Waals surface area contributed by atoms with Crippen molar-refractivity contribution in [3.63, 3.8) is 0 Å². The van der Waals surface area contributed by atoms with Gasteiger partial charge in [-0.3, -0.25) is 0 Å². The number of nitrogens with zero attached hydrogens (tertiary/aromatic N) is 4. The van der Waals surface area contributed by atoms with Crippen LogP contribution in [-0.4, -0.2) is 38.9 Å². The summed E-state index contributed by atoms with van der Waals surface area (Å²) in [7, 11) is 0. The largest absolute Gasteiger partial charge is 0.364 e. The number of nitrogens with one attached hydrogen (secondary N) is 1. The number of rotatable bonds is 4. The molecule has 2 heterocycles. The molecule has 0 amide bonds. The molecule has 0 spiro atoms. The number of H-pyrrole nitrogens is 1. The van der Waals surface area contributed by atoms with Crippen LogP contribution in [0.4, 0.5) is 5.82 Å². The first-order chi connectivity index (χ1) is 8.13. The lowest BCUT2D eigenvalue weighted by Crippen LogP contribution is -2.36. The summed E-state index contributed by atoms with van der Waals surface area (Å²) in [5, 5.41) is 10.4. The topological polar surface area (TPSA) is 92.3 Å². The van der Waals surface area contributed by atoms with E-state index < -0.39 is 0 Å². The Morgan fingerprint density at radius 1 is 1.53 bits per heavy atom. The summed E-state index contributed by atoms with van der Waals surface area (Å²) in [6.07, 6.45) is 0.